The first-order chi connectivity index (χ1) is 10.3. The van der Waals surface area contributed by atoms with Gasteiger partial charge in [0.2, 0.25) is 5.91 Å². The van der Waals surface area contributed by atoms with Crippen molar-refractivity contribution in [2.24, 2.45) is 0 Å². The summed E-state index contributed by atoms with van der Waals surface area (Å²) in [6, 6.07) is 4.05. The third-order valence-corrected chi connectivity index (χ3v) is 4.70. The molecule has 2 aromatic heterocycles. The molecule has 6 heteroatoms. The van der Waals surface area contributed by atoms with Gasteiger partial charge in [0.05, 0.1) is 13.1 Å². The second-order valence-electron chi connectivity index (χ2n) is 5.40. The highest BCUT2D eigenvalue weighted by Gasteiger charge is 2.24. The SMILES string of the molecule is O=C(CN1CCCC(c2ncc[nH]2)C1)NCc1cccs1. The van der Waals surface area contributed by atoms with Crippen molar-refractivity contribution in [2.75, 3.05) is 19.6 Å². The van der Waals surface area contributed by atoms with Gasteiger partial charge in [-0.05, 0) is 30.8 Å². The minimum atomic E-state index is 0.100. The minimum Gasteiger partial charge on any atom is -0.350 e. The summed E-state index contributed by atoms with van der Waals surface area (Å²) in [6.07, 6.45) is 5.91. The Balaban J connectivity index is 1.47. The molecule has 5 nitrogen and oxygen atoms in total. The number of imidazole rings is 1. The van der Waals surface area contributed by atoms with Crippen LogP contribution in [0.5, 0.6) is 0 Å². The van der Waals surface area contributed by atoms with Crippen LogP contribution in [-0.2, 0) is 11.3 Å². The quantitative estimate of drug-likeness (QED) is 0.888. The van der Waals surface area contributed by atoms with Gasteiger partial charge >= 0.3 is 0 Å². The van der Waals surface area contributed by atoms with E-state index in [-0.39, 0.29) is 5.91 Å². The van der Waals surface area contributed by atoms with Crippen LogP contribution in [-0.4, -0.2) is 40.4 Å². The number of piperidine rings is 1. The summed E-state index contributed by atoms with van der Waals surface area (Å²) >= 11 is 1.67. The Labute approximate surface area is 128 Å². The summed E-state index contributed by atoms with van der Waals surface area (Å²) in [5.41, 5.74) is 0. The number of rotatable bonds is 5. The van der Waals surface area contributed by atoms with Gasteiger partial charge in [0, 0.05) is 29.7 Å². The molecular formula is C15H20N4OS. The molecule has 0 radical (unpaired) electrons. The maximum absolute atomic E-state index is 12.0. The van der Waals surface area contributed by atoms with Gasteiger partial charge in [-0.1, -0.05) is 6.07 Å². The molecule has 0 bridgehead atoms. The van der Waals surface area contributed by atoms with E-state index in [4.69, 9.17) is 0 Å². The Morgan fingerprint density at radius 2 is 2.52 bits per heavy atom. The summed E-state index contributed by atoms with van der Waals surface area (Å²) in [4.78, 5) is 23.0. The van der Waals surface area contributed by atoms with Crippen LogP contribution in [0, 0.1) is 0 Å². The molecule has 21 heavy (non-hydrogen) atoms. The van der Waals surface area contributed by atoms with Gasteiger partial charge in [-0.15, -0.1) is 11.3 Å². The highest BCUT2D eigenvalue weighted by Crippen LogP contribution is 2.23. The zero-order valence-electron chi connectivity index (χ0n) is 11.9. The molecule has 0 saturated carbocycles. The van der Waals surface area contributed by atoms with E-state index in [9.17, 15) is 4.79 Å². The first-order valence-corrected chi connectivity index (χ1v) is 8.20. The zero-order valence-corrected chi connectivity index (χ0v) is 12.7. The number of nitrogens with one attached hydrogen (secondary N) is 2. The molecule has 2 N–H and O–H groups in total. The molecule has 3 rings (SSSR count). The highest BCUT2D eigenvalue weighted by molar-refractivity contribution is 7.09. The predicted molar refractivity (Wildman–Crippen MR) is 83.2 cm³/mol. The molecule has 1 atom stereocenters. The topological polar surface area (TPSA) is 61.0 Å². The number of amides is 1. The van der Waals surface area contributed by atoms with Gasteiger partial charge in [-0.3, -0.25) is 9.69 Å². The molecule has 3 heterocycles. The van der Waals surface area contributed by atoms with Crippen molar-refractivity contribution >= 4 is 17.2 Å². The van der Waals surface area contributed by atoms with Gasteiger partial charge in [-0.25, -0.2) is 4.98 Å². The number of hydrogen-bond donors (Lipinski definition) is 2. The van der Waals surface area contributed by atoms with E-state index in [1.165, 1.54) is 4.88 Å². The van der Waals surface area contributed by atoms with E-state index in [2.05, 4.69) is 20.2 Å². The van der Waals surface area contributed by atoms with Gasteiger partial charge < -0.3 is 10.3 Å². The van der Waals surface area contributed by atoms with Crippen LogP contribution in [0.15, 0.2) is 29.9 Å². The number of hydrogen-bond acceptors (Lipinski definition) is 4. The summed E-state index contributed by atoms with van der Waals surface area (Å²) in [5.74, 6) is 1.56. The van der Waals surface area contributed by atoms with Gasteiger partial charge in [0.25, 0.3) is 0 Å². The number of aromatic nitrogens is 2. The number of H-pyrrole nitrogens is 1. The monoisotopic (exact) mass is 304 g/mol. The fraction of sp³-hybridized carbons (Fsp3) is 0.467. The van der Waals surface area contributed by atoms with Crippen LogP contribution in [0.4, 0.5) is 0 Å². The molecule has 1 saturated heterocycles. The second kappa shape index (κ2) is 6.87. The molecule has 1 amide bonds. The predicted octanol–water partition coefficient (Wildman–Crippen LogP) is 1.97. The first-order valence-electron chi connectivity index (χ1n) is 7.32. The Bertz CT molecular complexity index is 552. The smallest absolute Gasteiger partial charge is 0.234 e. The lowest BCUT2D eigenvalue weighted by molar-refractivity contribution is -0.122. The molecule has 1 unspecified atom stereocenters. The molecule has 2 aromatic rings. The number of aromatic amines is 1. The molecule has 112 valence electrons. The van der Waals surface area contributed by atoms with Crippen molar-refractivity contribution in [1.82, 2.24) is 20.2 Å². The summed E-state index contributed by atoms with van der Waals surface area (Å²) < 4.78 is 0. The van der Waals surface area contributed by atoms with Crippen molar-refractivity contribution in [3.8, 4) is 0 Å². The van der Waals surface area contributed by atoms with Crippen molar-refractivity contribution in [1.29, 1.82) is 0 Å². The van der Waals surface area contributed by atoms with Crippen molar-refractivity contribution in [2.45, 2.75) is 25.3 Å². The van der Waals surface area contributed by atoms with E-state index in [0.29, 0.717) is 19.0 Å². The standard InChI is InChI=1S/C15H20N4OS/c20-14(18-9-13-4-2-8-21-13)11-19-7-1-3-12(10-19)15-16-5-6-17-15/h2,4-6,8,12H,1,3,7,9-11H2,(H,16,17)(H,18,20). The summed E-state index contributed by atoms with van der Waals surface area (Å²) in [7, 11) is 0. The number of carbonyl (C=O) groups excluding carboxylic acids is 1. The van der Waals surface area contributed by atoms with Crippen LogP contribution in [0.25, 0.3) is 0 Å². The fourth-order valence-corrected chi connectivity index (χ4v) is 3.43. The van der Waals surface area contributed by atoms with E-state index >= 15 is 0 Å². The fourth-order valence-electron chi connectivity index (χ4n) is 2.78. The Morgan fingerprint density at radius 1 is 1.57 bits per heavy atom. The first kappa shape index (κ1) is 14.3. The zero-order chi connectivity index (χ0) is 14.5. The molecule has 0 aromatic carbocycles. The van der Waals surface area contributed by atoms with Crippen LogP contribution in [0.3, 0.4) is 0 Å². The van der Waals surface area contributed by atoms with Gasteiger partial charge in [0.15, 0.2) is 0 Å². The lowest BCUT2D eigenvalue weighted by Gasteiger charge is -2.31. The van der Waals surface area contributed by atoms with Gasteiger partial charge in [0.1, 0.15) is 5.82 Å². The average Bonchev–Trinajstić information content (AvgIpc) is 3.19. The van der Waals surface area contributed by atoms with Crippen LogP contribution >= 0.6 is 11.3 Å². The number of carbonyl (C=O) groups is 1. The van der Waals surface area contributed by atoms with Crippen LogP contribution in [0.1, 0.15) is 29.5 Å². The van der Waals surface area contributed by atoms with Crippen LogP contribution < -0.4 is 5.32 Å². The normalized spacial score (nSPS) is 19.5. The number of nitrogens with zero attached hydrogens (tertiary/aromatic N) is 2. The molecule has 1 fully saturated rings. The second-order valence-corrected chi connectivity index (χ2v) is 6.44. The minimum absolute atomic E-state index is 0.100. The molecule has 0 spiro atoms. The number of likely N-dealkylation sites (tertiary alicyclic amines) is 1. The lowest BCUT2D eigenvalue weighted by Crippen LogP contribution is -2.41. The Hall–Kier alpha value is -1.66. The van der Waals surface area contributed by atoms with Crippen molar-refractivity contribution in [3.63, 3.8) is 0 Å². The summed E-state index contributed by atoms with van der Waals surface area (Å²) in [5, 5.41) is 5.02. The van der Waals surface area contributed by atoms with E-state index in [1.54, 1.807) is 17.5 Å². The highest BCUT2D eigenvalue weighted by atomic mass is 32.1. The number of thiophene rings is 1. The lowest BCUT2D eigenvalue weighted by atomic mass is 9.97. The van der Waals surface area contributed by atoms with E-state index in [1.807, 2.05) is 23.7 Å². The summed E-state index contributed by atoms with van der Waals surface area (Å²) in [6.45, 7) is 3.00. The average molecular weight is 304 g/mol. The van der Waals surface area contributed by atoms with E-state index < -0.39 is 0 Å². The molecule has 0 aliphatic carbocycles. The Kier molecular flexibility index (Phi) is 4.67. The largest absolute Gasteiger partial charge is 0.350 e. The van der Waals surface area contributed by atoms with E-state index in [0.717, 1.165) is 31.8 Å². The van der Waals surface area contributed by atoms with Crippen molar-refractivity contribution < 1.29 is 4.79 Å². The molecule has 1 aliphatic rings. The Morgan fingerprint density at radius 3 is 3.29 bits per heavy atom. The third kappa shape index (κ3) is 3.92. The van der Waals surface area contributed by atoms with Crippen molar-refractivity contribution in [3.05, 3.63) is 40.6 Å². The van der Waals surface area contributed by atoms with Gasteiger partial charge in [-0.2, -0.15) is 0 Å². The third-order valence-electron chi connectivity index (χ3n) is 3.82. The maximum Gasteiger partial charge on any atom is 0.234 e. The van der Waals surface area contributed by atoms with Crippen LogP contribution in [0.2, 0.25) is 0 Å². The molecular weight excluding hydrogens is 284 g/mol. The maximum atomic E-state index is 12.0. The molecule has 1 aliphatic heterocycles.